The van der Waals surface area contributed by atoms with Gasteiger partial charge in [0, 0.05) is 17.9 Å². The second-order valence-electron chi connectivity index (χ2n) is 5.98. The van der Waals surface area contributed by atoms with E-state index in [1.165, 1.54) is 0 Å². The van der Waals surface area contributed by atoms with E-state index in [1.54, 1.807) is 12.1 Å². The summed E-state index contributed by atoms with van der Waals surface area (Å²) in [4.78, 5) is 3.12. The number of alkyl halides is 3. The van der Waals surface area contributed by atoms with Crippen LogP contribution in [-0.4, -0.2) is 16.9 Å². The van der Waals surface area contributed by atoms with Crippen LogP contribution in [0.4, 0.5) is 13.2 Å². The Morgan fingerprint density at radius 1 is 1.33 bits per heavy atom. The Labute approximate surface area is 121 Å². The summed E-state index contributed by atoms with van der Waals surface area (Å²) in [5.41, 5.74) is -1.74. The fraction of sp³-hybridized carbons (Fsp3) is 0.643. The van der Waals surface area contributed by atoms with Gasteiger partial charge >= 0.3 is 11.7 Å². The molecule has 1 aromatic heterocycles. The van der Waals surface area contributed by atoms with Crippen molar-refractivity contribution < 1.29 is 17.7 Å². The van der Waals surface area contributed by atoms with Crippen LogP contribution in [0.5, 0.6) is 0 Å². The lowest BCUT2D eigenvalue weighted by Gasteiger charge is -2.14. The number of aromatic nitrogens is 1. The minimum atomic E-state index is -4.40. The van der Waals surface area contributed by atoms with Gasteiger partial charge in [-0.3, -0.25) is 4.85 Å². The predicted octanol–water partition coefficient (Wildman–Crippen LogP) is 4.04. The van der Waals surface area contributed by atoms with Gasteiger partial charge in [-0.05, 0) is 0 Å². The largest absolute Gasteiger partial charge is 0.389 e. The zero-order valence-electron chi connectivity index (χ0n) is 12.1. The molecule has 0 N–H and O–H groups in total. The lowest BCUT2D eigenvalue weighted by atomic mass is 9.89. The minimum Gasteiger partial charge on any atom is -0.361 e. The van der Waals surface area contributed by atoms with Crippen LogP contribution in [0.2, 0.25) is 0 Å². The molecule has 7 heteroatoms. The molecule has 4 nitrogen and oxygen atoms in total. The van der Waals surface area contributed by atoms with Gasteiger partial charge in [-0.2, -0.15) is 18.4 Å². The van der Waals surface area contributed by atoms with E-state index >= 15 is 0 Å². The second-order valence-corrected chi connectivity index (χ2v) is 5.98. The lowest BCUT2D eigenvalue weighted by molar-refractivity contribution is -0.136. The van der Waals surface area contributed by atoms with E-state index in [0.29, 0.717) is 11.5 Å². The summed E-state index contributed by atoms with van der Waals surface area (Å²) in [6.07, 6.45) is -6.32. The van der Waals surface area contributed by atoms with Gasteiger partial charge in [-0.15, -0.1) is 0 Å². The molecule has 0 saturated carbocycles. The smallest absolute Gasteiger partial charge is 0.361 e. The topological polar surface area (TPSA) is 54.2 Å². The van der Waals surface area contributed by atoms with Crippen LogP contribution in [0.1, 0.15) is 45.1 Å². The van der Waals surface area contributed by atoms with E-state index in [4.69, 9.17) is 16.4 Å². The van der Waals surface area contributed by atoms with Crippen molar-refractivity contribution in [2.75, 3.05) is 0 Å². The van der Waals surface area contributed by atoms with Crippen LogP contribution >= 0.6 is 0 Å². The summed E-state index contributed by atoms with van der Waals surface area (Å²) in [5, 5.41) is 12.9. The summed E-state index contributed by atoms with van der Waals surface area (Å²) >= 11 is 0. The van der Waals surface area contributed by atoms with Crippen molar-refractivity contribution in [1.29, 1.82) is 5.26 Å². The first-order chi connectivity index (χ1) is 9.51. The number of hydrogen-bond donors (Lipinski definition) is 0. The Balaban J connectivity index is 2.92. The molecule has 21 heavy (non-hydrogen) atoms. The molecule has 1 rings (SSSR count). The van der Waals surface area contributed by atoms with Crippen LogP contribution in [0.25, 0.3) is 4.85 Å². The first-order valence-electron chi connectivity index (χ1n) is 6.34. The maximum atomic E-state index is 12.3. The third kappa shape index (κ3) is 4.78. The Bertz CT molecular complexity index is 556. The van der Waals surface area contributed by atoms with Gasteiger partial charge in [0.2, 0.25) is 0 Å². The van der Waals surface area contributed by atoms with Crippen molar-refractivity contribution in [2.24, 2.45) is 0 Å². The van der Waals surface area contributed by atoms with Crippen molar-refractivity contribution in [3.63, 3.8) is 0 Å². The quantitative estimate of drug-likeness (QED) is 0.788. The van der Waals surface area contributed by atoms with Gasteiger partial charge in [0.05, 0.1) is 18.5 Å². The standard InChI is InChI=1S/C14H16F3N3O/c1-12(2,3)11-7-10(20-21-11)8-13(9-18,19-4)5-6-14(15,16)17/h7H,5-6,8H2,1-3H3. The molecule has 0 aliphatic rings. The number of halogens is 3. The predicted molar refractivity (Wildman–Crippen MR) is 69.1 cm³/mol. The fourth-order valence-electron chi connectivity index (χ4n) is 1.70. The molecule has 114 valence electrons. The van der Waals surface area contributed by atoms with Gasteiger partial charge in [-0.1, -0.05) is 25.9 Å². The molecule has 1 heterocycles. The highest BCUT2D eigenvalue weighted by molar-refractivity contribution is 5.23. The monoisotopic (exact) mass is 299 g/mol. The molecule has 0 bridgehead atoms. The number of rotatable bonds is 4. The number of nitrogens with zero attached hydrogens (tertiary/aromatic N) is 3. The molecule has 1 atom stereocenters. The minimum absolute atomic E-state index is 0.178. The van der Waals surface area contributed by atoms with Crippen LogP contribution in [-0.2, 0) is 11.8 Å². The summed E-state index contributed by atoms with van der Waals surface area (Å²) in [5.74, 6) is 0.560. The maximum Gasteiger partial charge on any atom is 0.389 e. The molecular formula is C14H16F3N3O. The molecule has 0 aliphatic heterocycles. The van der Waals surface area contributed by atoms with E-state index < -0.39 is 24.6 Å². The van der Waals surface area contributed by atoms with Gasteiger partial charge in [-0.25, -0.2) is 6.57 Å². The van der Waals surface area contributed by atoms with Crippen molar-refractivity contribution in [1.82, 2.24) is 5.16 Å². The zero-order valence-corrected chi connectivity index (χ0v) is 12.1. The van der Waals surface area contributed by atoms with Gasteiger partial charge < -0.3 is 4.52 Å². The Morgan fingerprint density at radius 2 is 1.95 bits per heavy atom. The van der Waals surface area contributed by atoms with Crippen LogP contribution in [0.3, 0.4) is 0 Å². The van der Waals surface area contributed by atoms with Gasteiger partial charge in [0.25, 0.3) is 0 Å². The average Bonchev–Trinajstić information content (AvgIpc) is 2.82. The molecule has 0 fully saturated rings. The van der Waals surface area contributed by atoms with Gasteiger partial charge in [0.1, 0.15) is 5.76 Å². The molecule has 0 spiro atoms. The summed E-state index contributed by atoms with van der Waals surface area (Å²) in [6.45, 7) is 12.8. The molecule has 1 aromatic rings. The summed E-state index contributed by atoms with van der Waals surface area (Å²) < 4.78 is 42.1. The third-order valence-corrected chi connectivity index (χ3v) is 3.02. The Morgan fingerprint density at radius 3 is 2.33 bits per heavy atom. The summed E-state index contributed by atoms with van der Waals surface area (Å²) in [7, 11) is 0. The molecular weight excluding hydrogens is 283 g/mol. The molecule has 0 aromatic carbocycles. The summed E-state index contributed by atoms with van der Waals surface area (Å²) in [6, 6.07) is 3.29. The first kappa shape index (κ1) is 17.0. The molecule has 0 amide bonds. The van der Waals surface area contributed by atoms with E-state index in [0.717, 1.165) is 0 Å². The highest BCUT2D eigenvalue weighted by atomic mass is 19.4. The van der Waals surface area contributed by atoms with Crippen molar-refractivity contribution >= 4 is 0 Å². The SMILES string of the molecule is [C-]#[N+]C(C#N)(CCC(F)(F)F)Cc1cc(C(C)(C)C)on1. The zero-order chi connectivity index (χ0) is 16.3. The number of nitriles is 1. The molecule has 0 saturated heterocycles. The lowest BCUT2D eigenvalue weighted by Crippen LogP contribution is -2.28. The van der Waals surface area contributed by atoms with E-state index in [-0.39, 0.29) is 11.8 Å². The van der Waals surface area contributed by atoms with E-state index in [2.05, 4.69) is 10.0 Å². The normalized spacial score (nSPS) is 15.0. The van der Waals surface area contributed by atoms with Crippen LogP contribution in [0, 0.1) is 17.9 Å². The molecule has 0 radical (unpaired) electrons. The van der Waals surface area contributed by atoms with Gasteiger partial charge in [0.15, 0.2) is 6.07 Å². The van der Waals surface area contributed by atoms with Crippen LogP contribution in [0.15, 0.2) is 10.6 Å². The van der Waals surface area contributed by atoms with Crippen molar-refractivity contribution in [2.45, 2.75) is 57.2 Å². The average molecular weight is 299 g/mol. The highest BCUT2D eigenvalue weighted by Gasteiger charge is 2.42. The second kappa shape index (κ2) is 5.77. The van der Waals surface area contributed by atoms with Crippen molar-refractivity contribution in [3.8, 4) is 6.07 Å². The van der Waals surface area contributed by atoms with E-state index in [1.807, 2.05) is 20.8 Å². The third-order valence-electron chi connectivity index (χ3n) is 3.02. The maximum absolute atomic E-state index is 12.3. The fourth-order valence-corrected chi connectivity index (χ4v) is 1.70. The van der Waals surface area contributed by atoms with Crippen molar-refractivity contribution in [3.05, 3.63) is 28.9 Å². The molecule has 0 aliphatic carbocycles. The van der Waals surface area contributed by atoms with Crippen LogP contribution < -0.4 is 0 Å². The first-order valence-corrected chi connectivity index (χ1v) is 6.34. The van der Waals surface area contributed by atoms with E-state index in [9.17, 15) is 13.2 Å². The Hall–Kier alpha value is -2.02. The highest BCUT2D eigenvalue weighted by Crippen LogP contribution is 2.31. The molecule has 1 unspecified atom stereocenters. The Kier molecular flexibility index (Phi) is 4.68. The number of hydrogen-bond acceptors (Lipinski definition) is 3.